The minimum absolute atomic E-state index is 0.00676. The maximum Gasteiger partial charge on any atom is 0.254 e. The normalized spacial score (nSPS) is 14.9. The Morgan fingerprint density at radius 2 is 2.06 bits per heavy atom. The number of carbonyl (C=O) groups is 1. The Balaban J connectivity index is 2.47. The van der Waals surface area contributed by atoms with E-state index in [4.69, 9.17) is 11.5 Å². The molecule has 18 heavy (non-hydrogen) atoms. The lowest BCUT2D eigenvalue weighted by molar-refractivity contribution is 0.0999. The minimum atomic E-state index is -0.709. The van der Waals surface area contributed by atoms with Crippen molar-refractivity contribution in [1.29, 1.82) is 0 Å². The zero-order chi connectivity index (χ0) is 12.9. The van der Waals surface area contributed by atoms with E-state index in [0.29, 0.717) is 17.1 Å². The van der Waals surface area contributed by atoms with Crippen molar-refractivity contribution >= 4 is 22.5 Å². The van der Waals surface area contributed by atoms with E-state index >= 15 is 0 Å². The number of amides is 1. The summed E-state index contributed by atoms with van der Waals surface area (Å²) in [5.41, 5.74) is 11.9. The van der Waals surface area contributed by atoms with Crippen LogP contribution in [0.25, 0.3) is 10.9 Å². The van der Waals surface area contributed by atoms with Gasteiger partial charge in [-0.3, -0.25) is 9.59 Å². The van der Waals surface area contributed by atoms with Crippen molar-refractivity contribution in [3.63, 3.8) is 0 Å². The maximum atomic E-state index is 12.2. The van der Waals surface area contributed by atoms with Crippen LogP contribution in [0.1, 0.15) is 29.2 Å². The lowest BCUT2D eigenvalue weighted by atomic mass is 10.1. The molecule has 1 aliphatic rings. The molecule has 0 unspecified atom stereocenters. The Labute approximate surface area is 103 Å². The molecule has 92 valence electrons. The molecule has 1 aliphatic carbocycles. The molecule has 1 saturated carbocycles. The molecule has 0 aliphatic heterocycles. The minimum Gasteiger partial charge on any atom is -0.398 e. The van der Waals surface area contributed by atoms with Gasteiger partial charge in [0.15, 0.2) is 0 Å². The number of benzene rings is 1. The molecule has 1 aromatic carbocycles. The fraction of sp³-hybridized carbons (Fsp3) is 0.231. The number of rotatable bonds is 2. The number of carbonyl (C=O) groups excluding carboxylic acids is 1. The molecule has 0 saturated heterocycles. The first-order valence-corrected chi connectivity index (χ1v) is 5.82. The average Bonchev–Trinajstić information content (AvgIpc) is 3.13. The number of anilines is 1. The van der Waals surface area contributed by atoms with Crippen LogP contribution in [-0.2, 0) is 0 Å². The van der Waals surface area contributed by atoms with Gasteiger partial charge in [0.2, 0.25) is 5.43 Å². The summed E-state index contributed by atoms with van der Waals surface area (Å²) in [5, 5.41) is 0.390. The predicted molar refractivity (Wildman–Crippen MR) is 69.4 cm³/mol. The van der Waals surface area contributed by atoms with E-state index in [9.17, 15) is 9.59 Å². The highest BCUT2D eigenvalue weighted by Gasteiger charge is 2.26. The summed E-state index contributed by atoms with van der Waals surface area (Å²) in [4.78, 5) is 23.5. The Morgan fingerprint density at radius 3 is 2.67 bits per heavy atom. The van der Waals surface area contributed by atoms with Crippen molar-refractivity contribution in [1.82, 2.24) is 4.57 Å². The zero-order valence-corrected chi connectivity index (χ0v) is 9.72. The highest BCUT2D eigenvalue weighted by atomic mass is 16.2. The van der Waals surface area contributed by atoms with Crippen LogP contribution in [-0.4, -0.2) is 10.5 Å². The van der Waals surface area contributed by atoms with Gasteiger partial charge in [0.05, 0.1) is 10.9 Å². The summed E-state index contributed by atoms with van der Waals surface area (Å²) in [7, 11) is 0. The molecule has 2 aromatic rings. The predicted octanol–water partition coefficient (Wildman–Crippen LogP) is 1.02. The monoisotopic (exact) mass is 243 g/mol. The van der Waals surface area contributed by atoms with E-state index in [0.717, 1.165) is 18.4 Å². The molecule has 5 nitrogen and oxygen atoms in total. The van der Waals surface area contributed by atoms with Gasteiger partial charge in [0.25, 0.3) is 5.91 Å². The van der Waals surface area contributed by atoms with Crippen molar-refractivity contribution in [2.24, 2.45) is 5.73 Å². The Morgan fingerprint density at radius 1 is 1.33 bits per heavy atom. The number of nitrogens with zero attached hydrogens (tertiary/aromatic N) is 1. The number of primary amides is 1. The second-order valence-corrected chi connectivity index (χ2v) is 4.62. The van der Waals surface area contributed by atoms with Crippen LogP contribution in [0.15, 0.2) is 29.2 Å². The smallest absolute Gasteiger partial charge is 0.254 e. The van der Waals surface area contributed by atoms with Crippen molar-refractivity contribution in [2.75, 3.05) is 5.73 Å². The summed E-state index contributed by atoms with van der Waals surface area (Å²) >= 11 is 0. The third kappa shape index (κ3) is 1.48. The largest absolute Gasteiger partial charge is 0.398 e. The number of nitrogens with two attached hydrogens (primary N) is 2. The fourth-order valence-corrected chi connectivity index (χ4v) is 2.25. The lowest BCUT2D eigenvalue weighted by Gasteiger charge is -2.12. The lowest BCUT2D eigenvalue weighted by Crippen LogP contribution is -2.24. The average molecular weight is 243 g/mol. The van der Waals surface area contributed by atoms with Gasteiger partial charge < -0.3 is 16.0 Å². The summed E-state index contributed by atoms with van der Waals surface area (Å²) < 4.78 is 1.94. The van der Waals surface area contributed by atoms with Crippen molar-refractivity contribution in [2.45, 2.75) is 18.9 Å². The number of aromatic nitrogens is 1. The molecule has 0 bridgehead atoms. The highest BCUT2D eigenvalue weighted by Crippen LogP contribution is 2.37. The number of nitrogen functional groups attached to an aromatic ring is 1. The fourth-order valence-electron chi connectivity index (χ4n) is 2.25. The first-order valence-electron chi connectivity index (χ1n) is 5.82. The molecule has 4 N–H and O–H groups in total. The molecule has 5 heteroatoms. The summed E-state index contributed by atoms with van der Waals surface area (Å²) in [6.45, 7) is 0. The highest BCUT2D eigenvalue weighted by molar-refractivity contribution is 5.99. The van der Waals surface area contributed by atoms with Gasteiger partial charge in [0.1, 0.15) is 5.56 Å². The van der Waals surface area contributed by atoms with Crippen LogP contribution >= 0.6 is 0 Å². The first-order chi connectivity index (χ1) is 8.59. The number of hydrogen-bond donors (Lipinski definition) is 2. The Hall–Kier alpha value is -2.30. The summed E-state index contributed by atoms with van der Waals surface area (Å²) in [6.07, 6.45) is 3.65. The quantitative estimate of drug-likeness (QED) is 0.771. The molecule has 1 aromatic heterocycles. The summed E-state index contributed by atoms with van der Waals surface area (Å²) in [5.74, 6) is -0.709. The zero-order valence-electron chi connectivity index (χ0n) is 9.72. The van der Waals surface area contributed by atoms with Gasteiger partial charge in [-0.2, -0.15) is 0 Å². The molecular formula is C13H13N3O2. The molecule has 0 spiro atoms. The van der Waals surface area contributed by atoms with Crippen LogP contribution in [0.2, 0.25) is 0 Å². The van der Waals surface area contributed by atoms with E-state index in [1.54, 1.807) is 18.3 Å². The van der Waals surface area contributed by atoms with Crippen molar-refractivity contribution in [3.05, 3.63) is 40.2 Å². The van der Waals surface area contributed by atoms with Crippen LogP contribution in [0, 0.1) is 0 Å². The van der Waals surface area contributed by atoms with E-state index in [1.807, 2.05) is 10.6 Å². The van der Waals surface area contributed by atoms with Crippen molar-refractivity contribution < 1.29 is 4.79 Å². The molecule has 0 radical (unpaired) electrons. The molecular weight excluding hydrogens is 230 g/mol. The molecule has 1 heterocycles. The van der Waals surface area contributed by atoms with Crippen LogP contribution < -0.4 is 16.9 Å². The van der Waals surface area contributed by atoms with Gasteiger partial charge >= 0.3 is 0 Å². The van der Waals surface area contributed by atoms with Crippen molar-refractivity contribution in [3.8, 4) is 0 Å². The topological polar surface area (TPSA) is 91.1 Å². The van der Waals surface area contributed by atoms with E-state index < -0.39 is 5.91 Å². The summed E-state index contributed by atoms with van der Waals surface area (Å²) in [6, 6.07) is 5.65. The molecule has 3 rings (SSSR count). The van der Waals surface area contributed by atoms with E-state index in [1.165, 1.54) is 0 Å². The Bertz CT molecular complexity index is 714. The van der Waals surface area contributed by atoms with E-state index in [2.05, 4.69) is 0 Å². The SMILES string of the molecule is NC(=O)c1cn(C2CC2)c2cccc(N)c2c1=O. The second-order valence-electron chi connectivity index (χ2n) is 4.62. The third-order valence-corrected chi connectivity index (χ3v) is 3.30. The standard InChI is InChI=1S/C13H13N3O2/c14-9-2-1-3-10-11(9)12(17)8(13(15)18)6-16(10)7-4-5-7/h1-3,6-7H,4-5,14H2,(H2,15,18). The molecule has 1 amide bonds. The maximum absolute atomic E-state index is 12.2. The van der Waals surface area contributed by atoms with Crippen LogP contribution in [0.3, 0.4) is 0 Å². The Kier molecular flexibility index (Phi) is 2.16. The van der Waals surface area contributed by atoms with Gasteiger partial charge in [-0.1, -0.05) is 6.07 Å². The van der Waals surface area contributed by atoms with Crippen LogP contribution in [0.4, 0.5) is 5.69 Å². The van der Waals surface area contributed by atoms with Crippen LogP contribution in [0.5, 0.6) is 0 Å². The van der Waals surface area contributed by atoms with Gasteiger partial charge in [-0.25, -0.2) is 0 Å². The van der Waals surface area contributed by atoms with E-state index in [-0.39, 0.29) is 11.0 Å². The van der Waals surface area contributed by atoms with Gasteiger partial charge in [-0.05, 0) is 25.0 Å². The molecule has 1 fully saturated rings. The molecule has 0 atom stereocenters. The van der Waals surface area contributed by atoms with Gasteiger partial charge in [0, 0.05) is 17.9 Å². The third-order valence-electron chi connectivity index (χ3n) is 3.30. The number of pyridine rings is 1. The second kappa shape index (κ2) is 3.60. The number of fused-ring (bicyclic) bond motifs is 1. The first kappa shape index (κ1) is 10.8. The van der Waals surface area contributed by atoms with Gasteiger partial charge in [-0.15, -0.1) is 0 Å². The number of hydrogen-bond acceptors (Lipinski definition) is 3.